The first kappa shape index (κ1) is 19.2. The highest BCUT2D eigenvalue weighted by Gasteiger charge is 2.04. The molecule has 0 atom stereocenters. The maximum Gasteiger partial charge on any atom is 0.195 e. The van der Waals surface area contributed by atoms with Crippen LogP contribution >= 0.6 is 11.8 Å². The van der Waals surface area contributed by atoms with Gasteiger partial charge < -0.3 is 5.11 Å². The van der Waals surface area contributed by atoms with E-state index in [9.17, 15) is 4.79 Å². The quantitative estimate of drug-likeness (QED) is 0.411. The van der Waals surface area contributed by atoms with Crippen molar-refractivity contribution in [3.05, 3.63) is 24.4 Å². The van der Waals surface area contributed by atoms with Crippen LogP contribution in [0.5, 0.6) is 0 Å². The number of hydrogen-bond acceptors (Lipinski definition) is 4. The normalized spacial score (nSPS) is 10.8. The standard InChI is InChI=1S/C18H29NO2S/c20-16-12-8-6-4-2-1-3-5-7-9-14-18(21)22-17-13-10-11-15-19-17/h10-11,13,15,20H,1-9,12,14,16H2. The average Bonchev–Trinajstić information content (AvgIpc) is 2.53. The molecule has 0 aliphatic rings. The summed E-state index contributed by atoms with van der Waals surface area (Å²) in [7, 11) is 0. The molecular formula is C18H29NO2S. The zero-order chi connectivity index (χ0) is 15.9. The summed E-state index contributed by atoms with van der Waals surface area (Å²) in [6, 6.07) is 5.65. The molecule has 0 unspecified atom stereocenters. The summed E-state index contributed by atoms with van der Waals surface area (Å²) >= 11 is 1.26. The van der Waals surface area contributed by atoms with E-state index in [1.165, 1.54) is 50.3 Å². The molecule has 0 spiro atoms. The second kappa shape index (κ2) is 13.8. The number of aromatic nitrogens is 1. The number of carbonyl (C=O) groups excluding carboxylic acids is 1. The Morgan fingerprint density at radius 1 is 0.909 bits per heavy atom. The Morgan fingerprint density at radius 2 is 1.50 bits per heavy atom. The van der Waals surface area contributed by atoms with Gasteiger partial charge in [0.2, 0.25) is 0 Å². The van der Waals surface area contributed by atoms with Crippen molar-refractivity contribution in [1.82, 2.24) is 4.98 Å². The molecule has 0 saturated carbocycles. The fourth-order valence-electron chi connectivity index (χ4n) is 2.37. The van der Waals surface area contributed by atoms with E-state index in [0.717, 1.165) is 30.7 Å². The lowest BCUT2D eigenvalue weighted by Gasteiger charge is -2.02. The molecule has 0 aliphatic heterocycles. The summed E-state index contributed by atoms with van der Waals surface area (Å²) in [5, 5.41) is 9.71. The van der Waals surface area contributed by atoms with Gasteiger partial charge in [0.05, 0.1) is 0 Å². The van der Waals surface area contributed by atoms with Gasteiger partial charge in [0, 0.05) is 19.2 Å². The van der Waals surface area contributed by atoms with Crippen molar-refractivity contribution >= 4 is 16.9 Å². The van der Waals surface area contributed by atoms with Crippen LogP contribution in [-0.2, 0) is 4.79 Å². The van der Waals surface area contributed by atoms with Gasteiger partial charge in [-0.25, -0.2) is 4.98 Å². The van der Waals surface area contributed by atoms with Crippen LogP contribution in [0, 0.1) is 0 Å². The summed E-state index contributed by atoms with van der Waals surface area (Å²) in [6.07, 6.45) is 14.3. The van der Waals surface area contributed by atoms with E-state index in [1.807, 2.05) is 18.2 Å². The van der Waals surface area contributed by atoms with Crippen LogP contribution in [-0.4, -0.2) is 21.8 Å². The molecule has 0 amide bonds. The number of hydrogen-bond donors (Lipinski definition) is 1. The molecule has 1 rings (SSSR count). The number of rotatable bonds is 13. The Morgan fingerprint density at radius 3 is 2.05 bits per heavy atom. The minimum atomic E-state index is 0.225. The fraction of sp³-hybridized carbons (Fsp3) is 0.667. The number of aliphatic hydroxyl groups is 1. The summed E-state index contributed by atoms with van der Waals surface area (Å²) in [5.74, 6) is 0. The van der Waals surface area contributed by atoms with Gasteiger partial charge in [0.1, 0.15) is 5.03 Å². The SMILES string of the molecule is O=C(CCCCCCCCCCCCO)Sc1ccccn1. The molecule has 1 aromatic heterocycles. The van der Waals surface area contributed by atoms with E-state index in [2.05, 4.69) is 4.98 Å². The zero-order valence-electron chi connectivity index (χ0n) is 13.5. The molecule has 0 aliphatic carbocycles. The lowest BCUT2D eigenvalue weighted by molar-refractivity contribution is -0.111. The molecule has 0 radical (unpaired) electrons. The van der Waals surface area contributed by atoms with E-state index < -0.39 is 0 Å². The molecule has 0 aromatic carbocycles. The topological polar surface area (TPSA) is 50.2 Å². The predicted molar refractivity (Wildman–Crippen MR) is 93.0 cm³/mol. The third-order valence-corrected chi connectivity index (χ3v) is 4.53. The van der Waals surface area contributed by atoms with Crippen LogP contribution in [0.1, 0.15) is 70.6 Å². The van der Waals surface area contributed by atoms with E-state index in [-0.39, 0.29) is 5.12 Å². The van der Waals surface area contributed by atoms with Crippen LogP contribution in [0.4, 0.5) is 0 Å². The van der Waals surface area contributed by atoms with Crippen LogP contribution in [0.3, 0.4) is 0 Å². The fourth-order valence-corrected chi connectivity index (χ4v) is 3.11. The Balaban J connectivity index is 1.86. The molecule has 1 N–H and O–H groups in total. The maximum absolute atomic E-state index is 11.8. The highest BCUT2D eigenvalue weighted by molar-refractivity contribution is 8.13. The summed E-state index contributed by atoms with van der Waals surface area (Å²) in [5.41, 5.74) is 0. The van der Waals surface area contributed by atoms with Crippen LogP contribution in [0.2, 0.25) is 0 Å². The Labute approximate surface area is 138 Å². The number of thioether (sulfide) groups is 1. The number of nitrogens with zero attached hydrogens (tertiary/aromatic N) is 1. The second-order valence-electron chi connectivity index (χ2n) is 5.65. The third kappa shape index (κ3) is 10.8. The van der Waals surface area contributed by atoms with Crippen molar-refractivity contribution in [3.63, 3.8) is 0 Å². The molecule has 0 fully saturated rings. The van der Waals surface area contributed by atoms with Crippen LogP contribution in [0.15, 0.2) is 29.4 Å². The van der Waals surface area contributed by atoms with E-state index >= 15 is 0 Å². The first-order chi connectivity index (χ1) is 10.8. The van der Waals surface area contributed by atoms with Gasteiger partial charge in [-0.3, -0.25) is 4.79 Å². The molecule has 124 valence electrons. The van der Waals surface area contributed by atoms with Gasteiger partial charge in [-0.05, 0) is 36.7 Å². The van der Waals surface area contributed by atoms with Crippen molar-refractivity contribution in [3.8, 4) is 0 Å². The smallest absolute Gasteiger partial charge is 0.195 e. The average molecular weight is 324 g/mol. The minimum Gasteiger partial charge on any atom is -0.396 e. The van der Waals surface area contributed by atoms with Gasteiger partial charge in [-0.2, -0.15) is 0 Å². The van der Waals surface area contributed by atoms with Gasteiger partial charge in [-0.15, -0.1) is 0 Å². The maximum atomic E-state index is 11.8. The monoisotopic (exact) mass is 323 g/mol. The number of aliphatic hydroxyl groups excluding tert-OH is 1. The molecule has 1 heterocycles. The molecule has 22 heavy (non-hydrogen) atoms. The number of carbonyl (C=O) groups is 1. The molecule has 3 nitrogen and oxygen atoms in total. The van der Waals surface area contributed by atoms with Gasteiger partial charge in [-0.1, -0.05) is 57.4 Å². The van der Waals surface area contributed by atoms with Crippen molar-refractivity contribution in [2.75, 3.05) is 6.61 Å². The third-order valence-electron chi connectivity index (χ3n) is 3.65. The molecule has 4 heteroatoms. The van der Waals surface area contributed by atoms with Crippen molar-refractivity contribution in [2.45, 2.75) is 75.7 Å². The summed E-state index contributed by atoms with van der Waals surface area (Å²) in [6.45, 7) is 0.331. The van der Waals surface area contributed by atoms with E-state index in [0.29, 0.717) is 13.0 Å². The Kier molecular flexibility index (Phi) is 12.0. The van der Waals surface area contributed by atoms with Crippen molar-refractivity contribution in [1.29, 1.82) is 0 Å². The Hall–Kier alpha value is -0.870. The largest absolute Gasteiger partial charge is 0.396 e. The second-order valence-corrected chi connectivity index (χ2v) is 6.73. The highest BCUT2D eigenvalue weighted by atomic mass is 32.2. The van der Waals surface area contributed by atoms with E-state index in [4.69, 9.17) is 5.11 Å². The molecule has 0 bridgehead atoms. The van der Waals surface area contributed by atoms with Crippen LogP contribution < -0.4 is 0 Å². The minimum absolute atomic E-state index is 0.225. The lowest BCUT2D eigenvalue weighted by atomic mass is 10.1. The Bertz CT molecular complexity index is 384. The molecule has 1 aromatic rings. The highest BCUT2D eigenvalue weighted by Crippen LogP contribution is 2.19. The van der Waals surface area contributed by atoms with Gasteiger partial charge in [0.15, 0.2) is 5.12 Å². The number of pyridine rings is 1. The predicted octanol–water partition coefficient (Wildman–Crippen LogP) is 4.98. The molecular weight excluding hydrogens is 294 g/mol. The summed E-state index contributed by atoms with van der Waals surface area (Å²) < 4.78 is 0. The van der Waals surface area contributed by atoms with Crippen LogP contribution in [0.25, 0.3) is 0 Å². The van der Waals surface area contributed by atoms with Crippen molar-refractivity contribution in [2.24, 2.45) is 0 Å². The zero-order valence-corrected chi connectivity index (χ0v) is 14.3. The first-order valence-electron chi connectivity index (χ1n) is 8.55. The number of unbranched alkanes of at least 4 members (excludes halogenated alkanes) is 9. The van der Waals surface area contributed by atoms with E-state index in [1.54, 1.807) is 6.20 Å². The first-order valence-corrected chi connectivity index (χ1v) is 9.37. The van der Waals surface area contributed by atoms with Gasteiger partial charge >= 0.3 is 0 Å². The molecule has 0 saturated heterocycles. The lowest BCUT2D eigenvalue weighted by Crippen LogP contribution is -1.92. The van der Waals surface area contributed by atoms with Crippen molar-refractivity contribution < 1.29 is 9.90 Å². The van der Waals surface area contributed by atoms with Gasteiger partial charge in [0.25, 0.3) is 0 Å². The summed E-state index contributed by atoms with van der Waals surface area (Å²) in [4.78, 5) is 15.9.